The fourth-order valence-corrected chi connectivity index (χ4v) is 9.67. The Hall–Kier alpha value is -3.15. The second-order valence-electron chi connectivity index (χ2n) is 22.3. The Bertz CT molecular complexity index is 1420. The van der Waals surface area contributed by atoms with E-state index in [-0.39, 0.29) is 31.1 Å². The molecule has 0 aliphatic heterocycles. The number of unbranched alkanes of at least 4 members (excludes halogenated alkanes) is 38. The molecular formula is C71H126O6. The minimum Gasteiger partial charge on any atom is -0.462 e. The van der Waals surface area contributed by atoms with E-state index < -0.39 is 6.10 Å². The lowest BCUT2D eigenvalue weighted by molar-refractivity contribution is -0.167. The van der Waals surface area contributed by atoms with E-state index in [9.17, 15) is 14.4 Å². The van der Waals surface area contributed by atoms with Gasteiger partial charge in [0.15, 0.2) is 6.10 Å². The van der Waals surface area contributed by atoms with Crippen LogP contribution in [0.25, 0.3) is 0 Å². The summed E-state index contributed by atoms with van der Waals surface area (Å²) in [6.45, 7) is 6.46. The number of hydrogen-bond donors (Lipinski definition) is 0. The third-order valence-electron chi connectivity index (χ3n) is 14.6. The smallest absolute Gasteiger partial charge is 0.306 e. The van der Waals surface area contributed by atoms with Crippen molar-refractivity contribution in [3.63, 3.8) is 0 Å². The molecule has 6 heteroatoms. The van der Waals surface area contributed by atoms with Crippen LogP contribution in [0.4, 0.5) is 0 Å². The summed E-state index contributed by atoms with van der Waals surface area (Å²) in [6.07, 6.45) is 85.3. The summed E-state index contributed by atoms with van der Waals surface area (Å²) >= 11 is 0. The van der Waals surface area contributed by atoms with Crippen LogP contribution in [0.5, 0.6) is 0 Å². The Balaban J connectivity index is 4.08. The Kier molecular flexibility index (Phi) is 62.7. The number of hydrogen-bond acceptors (Lipinski definition) is 6. The van der Waals surface area contributed by atoms with Gasteiger partial charge in [-0.15, -0.1) is 0 Å². The molecule has 0 rings (SSSR count). The second kappa shape index (κ2) is 65.4. The van der Waals surface area contributed by atoms with E-state index in [1.54, 1.807) is 0 Å². The van der Waals surface area contributed by atoms with Crippen molar-refractivity contribution in [2.24, 2.45) is 0 Å². The van der Waals surface area contributed by atoms with Crippen LogP contribution in [-0.4, -0.2) is 37.2 Å². The third-order valence-corrected chi connectivity index (χ3v) is 14.6. The fraction of sp³-hybridized carbons (Fsp3) is 0.789. The van der Waals surface area contributed by atoms with Gasteiger partial charge < -0.3 is 14.2 Å². The molecule has 0 spiro atoms. The van der Waals surface area contributed by atoms with Gasteiger partial charge in [-0.1, -0.05) is 293 Å². The average molecular weight is 1080 g/mol. The minimum absolute atomic E-state index is 0.0895. The highest BCUT2D eigenvalue weighted by molar-refractivity contribution is 5.71. The predicted molar refractivity (Wildman–Crippen MR) is 335 cm³/mol. The summed E-state index contributed by atoms with van der Waals surface area (Å²) in [5.74, 6) is -0.922. The number of ether oxygens (including phenoxy) is 3. The standard InChI is InChI=1S/C71H126O6/c1-4-7-10-13-16-19-22-25-26-27-28-29-30-31-32-33-34-35-36-37-38-39-40-41-42-43-44-47-49-52-55-58-61-64-70(73)76-67-68(77-71(74)65-62-59-56-53-50-46-24-21-18-15-12-9-6-3)66-75-69(72)63-60-57-54-51-48-45-23-20-17-14-11-8-5-2/h9,11-12,14,18,20-21,23,27-28,46,50,68H,4-8,10,13,15-17,19,22,24-26,29-45,47-49,51-67H2,1-3H3/b12-9-,14-11-,21-18-,23-20-,28-27-,50-46-. The number of rotatable bonds is 61. The first-order valence-electron chi connectivity index (χ1n) is 33.4. The van der Waals surface area contributed by atoms with Crippen molar-refractivity contribution < 1.29 is 28.6 Å². The highest BCUT2D eigenvalue weighted by Gasteiger charge is 2.19. The number of carbonyl (C=O) groups is 3. The fourth-order valence-electron chi connectivity index (χ4n) is 9.67. The lowest BCUT2D eigenvalue weighted by Gasteiger charge is -2.18. The molecule has 0 fully saturated rings. The van der Waals surface area contributed by atoms with Crippen LogP contribution in [0.2, 0.25) is 0 Å². The zero-order valence-electron chi connectivity index (χ0n) is 51.2. The highest BCUT2D eigenvalue weighted by Crippen LogP contribution is 2.17. The first-order chi connectivity index (χ1) is 38.0. The van der Waals surface area contributed by atoms with Crippen molar-refractivity contribution in [2.75, 3.05) is 13.2 Å². The summed E-state index contributed by atoms with van der Waals surface area (Å²) in [4.78, 5) is 38.2. The molecule has 0 aliphatic carbocycles. The van der Waals surface area contributed by atoms with Crippen LogP contribution in [0.3, 0.4) is 0 Å². The Morgan fingerprint density at radius 2 is 0.532 bits per heavy atom. The van der Waals surface area contributed by atoms with Gasteiger partial charge in [-0.05, 0) is 103 Å². The molecule has 0 N–H and O–H groups in total. The van der Waals surface area contributed by atoms with Gasteiger partial charge in [0.1, 0.15) is 13.2 Å². The Morgan fingerprint density at radius 3 is 0.870 bits per heavy atom. The SMILES string of the molecule is CC/C=C\C/C=C\C/C=C\CCCCCC(=O)OC(COC(=O)CCCCCCC/C=C\C/C=C\CCC)COC(=O)CCCCCCCCCCCCCCCCCCCCCCC/C=C\CCCCCCCCCC. The quantitative estimate of drug-likeness (QED) is 0.0261. The maximum atomic E-state index is 12.8. The number of carbonyl (C=O) groups excluding carboxylic acids is 3. The van der Waals surface area contributed by atoms with E-state index in [1.165, 1.54) is 186 Å². The van der Waals surface area contributed by atoms with Crippen LogP contribution in [-0.2, 0) is 28.6 Å². The molecule has 0 heterocycles. The maximum Gasteiger partial charge on any atom is 0.306 e. The zero-order chi connectivity index (χ0) is 55.7. The molecule has 6 nitrogen and oxygen atoms in total. The van der Waals surface area contributed by atoms with E-state index >= 15 is 0 Å². The van der Waals surface area contributed by atoms with Gasteiger partial charge in [0.25, 0.3) is 0 Å². The Labute approximate surface area is 478 Å². The zero-order valence-corrected chi connectivity index (χ0v) is 51.2. The van der Waals surface area contributed by atoms with Gasteiger partial charge >= 0.3 is 17.9 Å². The van der Waals surface area contributed by atoms with Crippen molar-refractivity contribution in [1.29, 1.82) is 0 Å². The molecule has 0 aliphatic rings. The topological polar surface area (TPSA) is 78.9 Å². The highest BCUT2D eigenvalue weighted by atomic mass is 16.6. The van der Waals surface area contributed by atoms with E-state index in [2.05, 4.69) is 93.7 Å². The van der Waals surface area contributed by atoms with Crippen LogP contribution in [0.1, 0.15) is 342 Å². The van der Waals surface area contributed by atoms with Crippen molar-refractivity contribution in [1.82, 2.24) is 0 Å². The van der Waals surface area contributed by atoms with E-state index in [4.69, 9.17) is 14.2 Å². The first-order valence-corrected chi connectivity index (χ1v) is 33.4. The molecular weight excluding hydrogens is 949 g/mol. The summed E-state index contributed by atoms with van der Waals surface area (Å²) in [5, 5.41) is 0. The van der Waals surface area contributed by atoms with Crippen molar-refractivity contribution in [3.05, 3.63) is 72.9 Å². The molecule has 0 aromatic heterocycles. The lowest BCUT2D eigenvalue weighted by atomic mass is 10.0. The molecule has 0 saturated carbocycles. The monoisotopic (exact) mass is 1070 g/mol. The Morgan fingerprint density at radius 1 is 0.273 bits per heavy atom. The molecule has 446 valence electrons. The lowest BCUT2D eigenvalue weighted by Crippen LogP contribution is -2.30. The van der Waals surface area contributed by atoms with Gasteiger partial charge in [-0.3, -0.25) is 14.4 Å². The van der Waals surface area contributed by atoms with E-state index in [1.807, 2.05) is 0 Å². The molecule has 0 bridgehead atoms. The van der Waals surface area contributed by atoms with E-state index in [0.717, 1.165) is 116 Å². The second-order valence-corrected chi connectivity index (χ2v) is 22.3. The minimum atomic E-state index is -0.796. The van der Waals surface area contributed by atoms with Crippen molar-refractivity contribution in [2.45, 2.75) is 348 Å². The van der Waals surface area contributed by atoms with Crippen LogP contribution >= 0.6 is 0 Å². The molecule has 1 unspecified atom stereocenters. The van der Waals surface area contributed by atoms with Crippen molar-refractivity contribution >= 4 is 17.9 Å². The van der Waals surface area contributed by atoms with Crippen LogP contribution < -0.4 is 0 Å². The molecule has 0 aromatic rings. The molecule has 0 radical (unpaired) electrons. The average Bonchev–Trinajstić information content (AvgIpc) is 3.43. The summed E-state index contributed by atoms with van der Waals surface area (Å²) in [5.41, 5.74) is 0. The third kappa shape index (κ3) is 63.6. The van der Waals surface area contributed by atoms with Gasteiger partial charge in [0.2, 0.25) is 0 Å². The van der Waals surface area contributed by atoms with E-state index in [0.29, 0.717) is 19.3 Å². The molecule has 0 aromatic carbocycles. The van der Waals surface area contributed by atoms with Gasteiger partial charge in [0, 0.05) is 19.3 Å². The number of esters is 3. The number of allylic oxidation sites excluding steroid dienone is 12. The normalized spacial score (nSPS) is 12.5. The summed E-state index contributed by atoms with van der Waals surface area (Å²) < 4.78 is 16.9. The van der Waals surface area contributed by atoms with Gasteiger partial charge in [0.05, 0.1) is 0 Å². The van der Waals surface area contributed by atoms with Crippen LogP contribution in [0, 0.1) is 0 Å². The molecule has 0 saturated heterocycles. The van der Waals surface area contributed by atoms with Gasteiger partial charge in [-0.2, -0.15) is 0 Å². The molecule has 1 atom stereocenters. The molecule has 0 amide bonds. The maximum absolute atomic E-state index is 12.8. The summed E-state index contributed by atoms with van der Waals surface area (Å²) in [7, 11) is 0. The first kappa shape index (κ1) is 73.8. The van der Waals surface area contributed by atoms with Crippen molar-refractivity contribution in [3.8, 4) is 0 Å². The van der Waals surface area contributed by atoms with Gasteiger partial charge in [-0.25, -0.2) is 0 Å². The molecule has 77 heavy (non-hydrogen) atoms. The van der Waals surface area contributed by atoms with Crippen LogP contribution in [0.15, 0.2) is 72.9 Å². The largest absolute Gasteiger partial charge is 0.462 e. The predicted octanol–water partition coefficient (Wildman–Crippen LogP) is 22.9. The summed E-state index contributed by atoms with van der Waals surface area (Å²) in [6, 6.07) is 0.